The number of carbonyl (C=O) groups excluding carboxylic acids is 1. The third-order valence-electron chi connectivity index (χ3n) is 6.15. The Balaban J connectivity index is 1.51. The van der Waals surface area contributed by atoms with Gasteiger partial charge in [-0.15, -0.1) is 0 Å². The summed E-state index contributed by atoms with van der Waals surface area (Å²) >= 11 is 6.10. The van der Waals surface area contributed by atoms with Gasteiger partial charge in [0.1, 0.15) is 11.6 Å². The van der Waals surface area contributed by atoms with E-state index < -0.39 is 23.8 Å². The molecule has 0 saturated carbocycles. The van der Waals surface area contributed by atoms with Crippen molar-refractivity contribution in [3.63, 3.8) is 0 Å². The first-order valence-corrected chi connectivity index (χ1v) is 11.1. The molecule has 33 heavy (non-hydrogen) atoms. The molecule has 1 fully saturated rings. The van der Waals surface area contributed by atoms with Crippen LogP contribution in [0.4, 0.5) is 19.0 Å². The summed E-state index contributed by atoms with van der Waals surface area (Å²) < 4.78 is 46.3. The van der Waals surface area contributed by atoms with Crippen LogP contribution in [-0.2, 0) is 22.6 Å². The second-order valence-electron chi connectivity index (χ2n) is 8.35. The van der Waals surface area contributed by atoms with Crippen molar-refractivity contribution in [3.05, 3.63) is 51.7 Å². The molecule has 2 atom stereocenters. The number of hydrogen-bond acceptors (Lipinski definition) is 6. The molecule has 0 bridgehead atoms. The number of alkyl halides is 2. The van der Waals surface area contributed by atoms with Crippen molar-refractivity contribution in [3.8, 4) is 0 Å². The fourth-order valence-electron chi connectivity index (χ4n) is 4.16. The van der Waals surface area contributed by atoms with E-state index in [0.717, 1.165) is 12.6 Å². The number of nitrogens with zero attached hydrogens (tertiary/aromatic N) is 4. The van der Waals surface area contributed by atoms with Gasteiger partial charge in [-0.25, -0.2) is 23.1 Å². The quantitative estimate of drug-likeness (QED) is 0.628. The monoisotopic (exact) mass is 483 g/mol. The third kappa shape index (κ3) is 5.07. The maximum atomic E-state index is 14.6. The maximum Gasteiger partial charge on any atom is 0.266 e. The highest BCUT2D eigenvalue weighted by atomic mass is 35.5. The number of benzene rings is 1. The zero-order valence-corrected chi connectivity index (χ0v) is 19.1. The molecule has 178 valence electrons. The predicted octanol–water partition coefficient (Wildman–Crippen LogP) is 3.94. The average molecular weight is 484 g/mol. The number of morpholine rings is 1. The number of carbonyl (C=O) groups is 1. The van der Waals surface area contributed by atoms with E-state index in [9.17, 15) is 18.0 Å². The molecule has 11 heteroatoms. The molecular weight excluding hydrogens is 459 g/mol. The number of hydrogen-bond donors (Lipinski definition) is 1. The van der Waals surface area contributed by atoms with Crippen molar-refractivity contribution in [2.24, 2.45) is 0 Å². The molecule has 2 aliphatic heterocycles. The van der Waals surface area contributed by atoms with Crippen LogP contribution in [0.5, 0.6) is 0 Å². The molecule has 1 amide bonds. The molecule has 1 N–H and O–H groups in total. The SMILES string of the molecule is C[C@@H](Nc1nc(Cl)nc2c1CN(C(=O)CC1COCCN1C)C2)c1cccc(C(F)F)c1F. The molecule has 7 nitrogen and oxygen atoms in total. The second-order valence-corrected chi connectivity index (χ2v) is 8.68. The fourth-order valence-corrected chi connectivity index (χ4v) is 4.34. The van der Waals surface area contributed by atoms with Crippen LogP contribution in [0, 0.1) is 5.82 Å². The first-order valence-electron chi connectivity index (χ1n) is 10.7. The van der Waals surface area contributed by atoms with Gasteiger partial charge < -0.3 is 15.0 Å². The lowest BCUT2D eigenvalue weighted by atomic mass is 10.0. The molecule has 3 heterocycles. The van der Waals surface area contributed by atoms with Gasteiger partial charge in [0, 0.05) is 30.1 Å². The van der Waals surface area contributed by atoms with E-state index in [1.807, 2.05) is 7.05 Å². The van der Waals surface area contributed by atoms with Crippen LogP contribution in [0.25, 0.3) is 0 Å². The topological polar surface area (TPSA) is 70.6 Å². The Hall–Kier alpha value is -2.43. The lowest BCUT2D eigenvalue weighted by molar-refractivity contribution is -0.134. The summed E-state index contributed by atoms with van der Waals surface area (Å²) in [6.45, 7) is 4.13. The van der Waals surface area contributed by atoms with Crippen LogP contribution in [0.3, 0.4) is 0 Å². The molecule has 0 radical (unpaired) electrons. The van der Waals surface area contributed by atoms with Gasteiger partial charge >= 0.3 is 0 Å². The average Bonchev–Trinajstić information content (AvgIpc) is 3.19. The van der Waals surface area contributed by atoms with E-state index in [2.05, 4.69) is 20.2 Å². The van der Waals surface area contributed by atoms with Crippen LogP contribution in [0.1, 0.15) is 48.2 Å². The number of halogens is 4. The number of ether oxygens (including phenoxy) is 1. The van der Waals surface area contributed by atoms with Crippen molar-refractivity contribution < 1.29 is 22.7 Å². The predicted molar refractivity (Wildman–Crippen MR) is 117 cm³/mol. The van der Waals surface area contributed by atoms with Crippen LogP contribution in [-0.4, -0.2) is 58.5 Å². The van der Waals surface area contributed by atoms with E-state index in [-0.39, 0.29) is 35.9 Å². The largest absolute Gasteiger partial charge is 0.378 e. The molecule has 1 saturated heterocycles. The Morgan fingerprint density at radius 1 is 1.30 bits per heavy atom. The van der Waals surface area contributed by atoms with Gasteiger partial charge in [-0.1, -0.05) is 18.2 Å². The third-order valence-corrected chi connectivity index (χ3v) is 6.32. The van der Waals surface area contributed by atoms with E-state index in [1.54, 1.807) is 11.8 Å². The van der Waals surface area contributed by atoms with E-state index in [4.69, 9.17) is 16.3 Å². The van der Waals surface area contributed by atoms with Gasteiger partial charge in [0.05, 0.1) is 43.6 Å². The van der Waals surface area contributed by atoms with Gasteiger partial charge in [0.25, 0.3) is 6.43 Å². The van der Waals surface area contributed by atoms with Crippen molar-refractivity contribution in [2.45, 2.75) is 44.9 Å². The number of nitrogens with one attached hydrogen (secondary N) is 1. The van der Waals surface area contributed by atoms with E-state index >= 15 is 0 Å². The zero-order valence-electron chi connectivity index (χ0n) is 18.3. The molecule has 1 aromatic carbocycles. The van der Waals surface area contributed by atoms with Crippen LogP contribution in [0.2, 0.25) is 5.28 Å². The first-order chi connectivity index (χ1) is 15.7. The molecule has 1 unspecified atom stereocenters. The first kappa shape index (κ1) is 23.7. The Labute approximate surface area is 194 Å². The normalized spacial score (nSPS) is 19.6. The highest BCUT2D eigenvalue weighted by Crippen LogP contribution is 2.33. The number of aromatic nitrogens is 2. The van der Waals surface area contributed by atoms with Gasteiger partial charge in [-0.05, 0) is 25.6 Å². The van der Waals surface area contributed by atoms with Crippen LogP contribution in [0.15, 0.2) is 18.2 Å². The summed E-state index contributed by atoms with van der Waals surface area (Å²) in [7, 11) is 1.97. The van der Waals surface area contributed by atoms with Gasteiger partial charge in [-0.3, -0.25) is 9.69 Å². The number of rotatable bonds is 6. The van der Waals surface area contributed by atoms with Crippen LogP contribution >= 0.6 is 11.6 Å². The van der Waals surface area contributed by atoms with Gasteiger partial charge in [0.2, 0.25) is 11.2 Å². The second kappa shape index (κ2) is 9.82. The molecule has 4 rings (SSSR count). The Morgan fingerprint density at radius 2 is 2.06 bits per heavy atom. The minimum absolute atomic E-state index is 0.00679. The summed E-state index contributed by atoms with van der Waals surface area (Å²) in [5.74, 6) is -0.645. The van der Waals surface area contributed by atoms with Crippen molar-refractivity contribution in [1.82, 2.24) is 19.8 Å². The lowest BCUT2D eigenvalue weighted by Crippen LogP contribution is -2.45. The summed E-state index contributed by atoms with van der Waals surface area (Å²) in [4.78, 5) is 25.2. The number of likely N-dealkylation sites (N-methyl/N-ethyl adjacent to an activating group) is 1. The van der Waals surface area contributed by atoms with E-state index in [1.165, 1.54) is 12.1 Å². The summed E-state index contributed by atoms with van der Waals surface area (Å²) in [6, 6.07) is 3.24. The van der Waals surface area contributed by atoms with Crippen molar-refractivity contribution in [2.75, 3.05) is 32.1 Å². The smallest absolute Gasteiger partial charge is 0.266 e. The lowest BCUT2D eigenvalue weighted by Gasteiger charge is -2.32. The fraction of sp³-hybridized carbons (Fsp3) is 0.500. The highest BCUT2D eigenvalue weighted by Gasteiger charge is 2.32. The minimum Gasteiger partial charge on any atom is -0.378 e. The number of amides is 1. The highest BCUT2D eigenvalue weighted by molar-refractivity contribution is 6.28. The Morgan fingerprint density at radius 3 is 2.79 bits per heavy atom. The molecule has 0 spiro atoms. The molecule has 2 aliphatic rings. The maximum absolute atomic E-state index is 14.6. The van der Waals surface area contributed by atoms with Gasteiger partial charge in [-0.2, -0.15) is 0 Å². The van der Waals surface area contributed by atoms with Gasteiger partial charge in [0.15, 0.2) is 0 Å². The summed E-state index contributed by atoms with van der Waals surface area (Å²) in [6.07, 6.45) is -2.60. The van der Waals surface area contributed by atoms with Crippen molar-refractivity contribution >= 4 is 23.3 Å². The minimum atomic E-state index is -2.91. The molecular formula is C22H25ClF3N5O2. The zero-order chi connectivity index (χ0) is 23.7. The summed E-state index contributed by atoms with van der Waals surface area (Å²) in [5.41, 5.74) is 0.717. The molecule has 2 aromatic rings. The summed E-state index contributed by atoms with van der Waals surface area (Å²) in [5, 5.41) is 3.05. The van der Waals surface area contributed by atoms with E-state index in [0.29, 0.717) is 36.7 Å². The number of anilines is 1. The Kier molecular flexibility index (Phi) is 7.06. The van der Waals surface area contributed by atoms with Crippen molar-refractivity contribution in [1.29, 1.82) is 0 Å². The van der Waals surface area contributed by atoms with Crippen LogP contribution < -0.4 is 5.32 Å². The standard InChI is InChI=1S/C22H25ClF3N5O2/c1-12(14-4-3-5-15(19(14)24)20(25)26)27-21-16-9-31(10-17(16)28-22(23)29-21)18(32)8-13-11-33-7-6-30(13)2/h3-5,12-13,20H,6-11H2,1-2H3,(H,27,28,29)/t12-,13?/m1/s1. The molecule has 1 aromatic heterocycles. The Bertz CT molecular complexity index is 1040. The molecule has 0 aliphatic carbocycles. The number of fused-ring (bicyclic) bond motifs is 1.